The summed E-state index contributed by atoms with van der Waals surface area (Å²) in [6, 6.07) is 8.03. The minimum absolute atomic E-state index is 0.0905. The summed E-state index contributed by atoms with van der Waals surface area (Å²) in [5.41, 5.74) is 1.09. The average molecular weight is 435 g/mol. The first-order valence-corrected chi connectivity index (χ1v) is 13.2. The van der Waals surface area contributed by atoms with E-state index in [9.17, 15) is 4.55 Å². The van der Waals surface area contributed by atoms with E-state index in [1.54, 1.807) is 0 Å². The Morgan fingerprint density at radius 2 is 1.62 bits per heavy atom. The SMILES string of the molecule is CC(C)(C)[S+]([O-])NC(CO[Si](C)(C)C(C)(C)C)c1ccc(Br)cc1. The van der Waals surface area contributed by atoms with Gasteiger partial charge in [-0.25, -0.2) is 0 Å². The van der Waals surface area contributed by atoms with Crippen LogP contribution in [0.3, 0.4) is 0 Å². The summed E-state index contributed by atoms with van der Waals surface area (Å²) in [6.45, 7) is 17.6. The van der Waals surface area contributed by atoms with Gasteiger partial charge in [0.2, 0.25) is 0 Å². The number of hydrogen-bond acceptors (Lipinski definition) is 3. The van der Waals surface area contributed by atoms with Crippen molar-refractivity contribution in [1.82, 2.24) is 4.72 Å². The molecule has 0 aromatic heterocycles. The van der Waals surface area contributed by atoms with Crippen LogP contribution in [0.5, 0.6) is 0 Å². The summed E-state index contributed by atoms with van der Waals surface area (Å²) in [5, 5.41) is 0.153. The maximum Gasteiger partial charge on any atom is 0.192 e. The van der Waals surface area contributed by atoms with E-state index in [0.29, 0.717) is 6.61 Å². The fourth-order valence-corrected chi connectivity index (χ4v) is 3.80. The zero-order valence-electron chi connectivity index (χ0n) is 16.2. The lowest BCUT2D eigenvalue weighted by molar-refractivity contribution is 0.256. The van der Waals surface area contributed by atoms with Gasteiger partial charge in [-0.15, -0.1) is 4.72 Å². The van der Waals surface area contributed by atoms with E-state index < -0.39 is 19.7 Å². The highest BCUT2D eigenvalue weighted by molar-refractivity contribution is 9.10. The molecule has 0 amide bonds. The van der Waals surface area contributed by atoms with E-state index in [2.05, 4.69) is 66.7 Å². The smallest absolute Gasteiger partial charge is 0.192 e. The van der Waals surface area contributed by atoms with Crippen molar-refractivity contribution in [3.05, 3.63) is 34.3 Å². The van der Waals surface area contributed by atoms with Gasteiger partial charge >= 0.3 is 0 Å². The van der Waals surface area contributed by atoms with Crippen molar-refractivity contribution in [2.24, 2.45) is 0 Å². The van der Waals surface area contributed by atoms with Crippen LogP contribution in [0.25, 0.3) is 0 Å². The Labute approximate surface area is 160 Å². The molecular weight excluding hydrogens is 402 g/mol. The summed E-state index contributed by atoms with van der Waals surface area (Å²) in [5.74, 6) is 0. The standard InChI is InChI=1S/C18H32BrNO2SSi/c1-17(2,3)23(21)20-16(14-9-11-15(19)12-10-14)13-22-24(7,8)18(4,5)6/h9-12,16,20H,13H2,1-8H3. The molecule has 0 spiro atoms. The second kappa shape index (κ2) is 8.23. The van der Waals surface area contributed by atoms with Gasteiger partial charge in [-0.05, 0) is 56.6 Å². The molecule has 0 saturated carbocycles. The molecule has 2 atom stereocenters. The summed E-state index contributed by atoms with van der Waals surface area (Å²) in [4.78, 5) is 0. The van der Waals surface area contributed by atoms with Gasteiger partial charge < -0.3 is 8.98 Å². The number of hydrogen-bond donors (Lipinski definition) is 1. The van der Waals surface area contributed by atoms with Gasteiger partial charge in [0.1, 0.15) is 4.75 Å². The molecule has 0 saturated heterocycles. The van der Waals surface area contributed by atoms with Crippen LogP contribution in [-0.4, -0.2) is 24.2 Å². The van der Waals surface area contributed by atoms with Crippen LogP contribution in [-0.2, 0) is 15.8 Å². The predicted octanol–water partition coefficient (Wildman–Crippen LogP) is 5.56. The first-order valence-electron chi connectivity index (χ1n) is 8.31. The molecular formula is C18H32BrNO2SSi. The van der Waals surface area contributed by atoms with Gasteiger partial charge in [-0.3, -0.25) is 0 Å². The molecule has 24 heavy (non-hydrogen) atoms. The molecule has 0 bridgehead atoms. The van der Waals surface area contributed by atoms with Crippen molar-refractivity contribution in [3.63, 3.8) is 0 Å². The van der Waals surface area contributed by atoms with Crippen LogP contribution >= 0.6 is 15.9 Å². The van der Waals surface area contributed by atoms with Crippen LogP contribution < -0.4 is 4.72 Å². The Bertz CT molecular complexity index is 523. The van der Waals surface area contributed by atoms with E-state index in [1.165, 1.54) is 0 Å². The minimum Gasteiger partial charge on any atom is -0.598 e. The quantitative estimate of drug-likeness (QED) is 0.471. The molecule has 0 aliphatic rings. The third-order valence-electron chi connectivity index (χ3n) is 4.49. The predicted molar refractivity (Wildman–Crippen MR) is 111 cm³/mol. The Morgan fingerprint density at radius 3 is 2.04 bits per heavy atom. The van der Waals surface area contributed by atoms with Gasteiger partial charge in [0.25, 0.3) is 0 Å². The molecule has 2 unspecified atom stereocenters. The van der Waals surface area contributed by atoms with Gasteiger partial charge in [0.05, 0.1) is 12.6 Å². The third-order valence-corrected chi connectivity index (χ3v) is 11.1. The maximum absolute atomic E-state index is 12.6. The van der Waals surface area contributed by atoms with E-state index >= 15 is 0 Å². The first kappa shape index (κ1) is 22.2. The Morgan fingerprint density at radius 1 is 1.12 bits per heavy atom. The number of benzene rings is 1. The van der Waals surface area contributed by atoms with Gasteiger partial charge in [0, 0.05) is 15.8 Å². The van der Waals surface area contributed by atoms with Gasteiger partial charge in [0.15, 0.2) is 8.32 Å². The monoisotopic (exact) mass is 433 g/mol. The van der Waals surface area contributed by atoms with Crippen LogP contribution in [0, 0.1) is 0 Å². The largest absolute Gasteiger partial charge is 0.598 e. The molecule has 1 rings (SSSR count). The average Bonchev–Trinajstić information content (AvgIpc) is 2.42. The molecule has 0 fully saturated rings. The highest BCUT2D eigenvalue weighted by Crippen LogP contribution is 2.37. The highest BCUT2D eigenvalue weighted by Gasteiger charge is 2.38. The van der Waals surface area contributed by atoms with Crippen molar-refractivity contribution in [3.8, 4) is 0 Å². The highest BCUT2D eigenvalue weighted by atomic mass is 79.9. The summed E-state index contributed by atoms with van der Waals surface area (Å²) in [7, 11) is -1.86. The topological polar surface area (TPSA) is 44.3 Å². The molecule has 3 nitrogen and oxygen atoms in total. The van der Waals surface area contributed by atoms with Crippen molar-refractivity contribution >= 4 is 35.6 Å². The molecule has 0 aliphatic carbocycles. The van der Waals surface area contributed by atoms with E-state index in [0.717, 1.165) is 10.0 Å². The Hall–Kier alpha value is 0.147. The number of rotatable bonds is 6. The normalized spacial score (nSPS) is 16.1. The summed E-state index contributed by atoms with van der Waals surface area (Å²) in [6.07, 6.45) is 0. The van der Waals surface area contributed by atoms with Gasteiger partial charge in [-0.2, -0.15) is 0 Å². The third kappa shape index (κ3) is 6.46. The first-order chi connectivity index (χ1) is 10.7. The zero-order chi connectivity index (χ0) is 18.8. The summed E-state index contributed by atoms with van der Waals surface area (Å²) >= 11 is 2.32. The molecule has 0 radical (unpaired) electrons. The van der Waals surface area contributed by atoms with Crippen LogP contribution in [0.1, 0.15) is 53.1 Å². The van der Waals surface area contributed by atoms with Crippen molar-refractivity contribution < 1.29 is 8.98 Å². The Kier molecular flexibility index (Phi) is 7.61. The molecule has 1 aromatic rings. The second-order valence-electron chi connectivity index (χ2n) is 8.67. The maximum atomic E-state index is 12.6. The summed E-state index contributed by atoms with van der Waals surface area (Å²) < 4.78 is 23.0. The fourth-order valence-electron chi connectivity index (χ4n) is 1.71. The van der Waals surface area contributed by atoms with Crippen LogP contribution in [0.15, 0.2) is 28.7 Å². The lowest BCUT2D eigenvalue weighted by atomic mass is 10.1. The van der Waals surface area contributed by atoms with Gasteiger partial charge in [-0.1, -0.05) is 48.8 Å². The van der Waals surface area contributed by atoms with Crippen molar-refractivity contribution in [2.45, 2.75) is 70.5 Å². The number of nitrogens with one attached hydrogen (secondary N) is 1. The number of halogens is 1. The molecule has 0 aliphatic heterocycles. The fraction of sp³-hybridized carbons (Fsp3) is 0.667. The van der Waals surface area contributed by atoms with Crippen molar-refractivity contribution in [2.75, 3.05) is 6.61 Å². The van der Waals surface area contributed by atoms with E-state index in [-0.39, 0.29) is 15.8 Å². The molecule has 1 N–H and O–H groups in total. The van der Waals surface area contributed by atoms with Crippen LogP contribution in [0.4, 0.5) is 0 Å². The molecule has 138 valence electrons. The molecule has 6 heteroatoms. The lowest BCUT2D eigenvalue weighted by Gasteiger charge is -2.37. The Balaban J connectivity index is 2.95. The van der Waals surface area contributed by atoms with Crippen molar-refractivity contribution in [1.29, 1.82) is 0 Å². The zero-order valence-corrected chi connectivity index (χ0v) is 19.6. The van der Waals surface area contributed by atoms with Crippen LogP contribution in [0.2, 0.25) is 18.1 Å². The van der Waals surface area contributed by atoms with E-state index in [1.807, 2.05) is 32.9 Å². The second-order valence-corrected chi connectivity index (χ2v) is 16.4. The minimum atomic E-state index is -1.86. The molecule has 0 heterocycles. The lowest BCUT2D eigenvalue weighted by Crippen LogP contribution is -2.46. The van der Waals surface area contributed by atoms with E-state index in [4.69, 9.17) is 4.43 Å². The molecule has 1 aromatic carbocycles.